The average Bonchev–Trinajstić information content (AvgIpc) is 1.95. The fourth-order valence-corrected chi connectivity index (χ4v) is 0.774. The second kappa shape index (κ2) is 7.53. The molecule has 0 fully saturated rings. The highest BCUT2D eigenvalue weighted by molar-refractivity contribution is 4.51. The summed E-state index contributed by atoms with van der Waals surface area (Å²) in [7, 11) is 0. The van der Waals surface area contributed by atoms with E-state index in [1.54, 1.807) is 6.92 Å². The van der Waals surface area contributed by atoms with Crippen LogP contribution in [0.5, 0.6) is 0 Å². The highest BCUT2D eigenvalue weighted by atomic mass is 16.5. The Morgan fingerprint density at radius 3 is 2.50 bits per heavy atom. The van der Waals surface area contributed by atoms with E-state index in [1.807, 2.05) is 0 Å². The Balaban J connectivity index is 2.91. The van der Waals surface area contributed by atoms with Gasteiger partial charge in [0.05, 0.1) is 12.7 Å². The molecule has 0 aliphatic rings. The van der Waals surface area contributed by atoms with Gasteiger partial charge in [0.2, 0.25) is 0 Å². The fourth-order valence-electron chi connectivity index (χ4n) is 0.774. The van der Waals surface area contributed by atoms with Gasteiger partial charge in [-0.2, -0.15) is 0 Å². The van der Waals surface area contributed by atoms with E-state index in [0.29, 0.717) is 12.5 Å². The van der Waals surface area contributed by atoms with Crippen molar-refractivity contribution in [2.45, 2.75) is 26.9 Å². The minimum absolute atomic E-state index is 0.268. The molecule has 0 unspecified atom stereocenters. The van der Waals surface area contributed by atoms with Gasteiger partial charge >= 0.3 is 0 Å². The van der Waals surface area contributed by atoms with E-state index in [1.165, 1.54) is 0 Å². The molecule has 2 N–H and O–H groups in total. The maximum absolute atomic E-state index is 8.89. The van der Waals surface area contributed by atoms with Gasteiger partial charge in [-0.25, -0.2) is 0 Å². The van der Waals surface area contributed by atoms with Crippen LogP contribution in [-0.2, 0) is 4.74 Å². The Bertz CT molecular complexity index is 82.5. The van der Waals surface area contributed by atoms with Gasteiger partial charge in [-0.3, -0.25) is 0 Å². The number of hydrogen-bond donors (Lipinski definition) is 2. The summed E-state index contributed by atoms with van der Waals surface area (Å²) in [6.45, 7) is 9.03. The van der Waals surface area contributed by atoms with Gasteiger partial charge < -0.3 is 15.2 Å². The van der Waals surface area contributed by atoms with Crippen LogP contribution in [0.1, 0.15) is 20.8 Å². The summed E-state index contributed by atoms with van der Waals surface area (Å²) in [6.07, 6.45) is -0.268. The Kier molecular flexibility index (Phi) is 7.45. The molecular weight excluding hydrogens is 154 g/mol. The van der Waals surface area contributed by atoms with Gasteiger partial charge in [-0.1, -0.05) is 13.8 Å². The zero-order valence-corrected chi connectivity index (χ0v) is 8.34. The molecular formula is C9H21NO2. The summed E-state index contributed by atoms with van der Waals surface area (Å²) in [6, 6.07) is 0. The van der Waals surface area contributed by atoms with Crippen molar-refractivity contribution >= 4 is 0 Å². The molecule has 0 saturated carbocycles. The predicted molar refractivity (Wildman–Crippen MR) is 50.2 cm³/mol. The van der Waals surface area contributed by atoms with Gasteiger partial charge in [0.25, 0.3) is 0 Å². The van der Waals surface area contributed by atoms with Crippen molar-refractivity contribution in [3.8, 4) is 0 Å². The van der Waals surface area contributed by atoms with Crippen molar-refractivity contribution in [1.29, 1.82) is 0 Å². The van der Waals surface area contributed by atoms with Gasteiger partial charge in [-0.15, -0.1) is 0 Å². The first-order valence-electron chi connectivity index (χ1n) is 4.59. The average molecular weight is 175 g/mol. The Morgan fingerprint density at radius 2 is 2.00 bits per heavy atom. The first-order chi connectivity index (χ1) is 5.63. The number of ether oxygens (including phenoxy) is 1. The lowest BCUT2D eigenvalue weighted by molar-refractivity contribution is 0.108. The molecule has 0 heterocycles. The molecule has 0 saturated heterocycles. The fraction of sp³-hybridized carbons (Fsp3) is 1.00. The van der Waals surface area contributed by atoms with Crippen molar-refractivity contribution in [3.63, 3.8) is 0 Å². The third-order valence-electron chi connectivity index (χ3n) is 1.31. The monoisotopic (exact) mass is 175 g/mol. The quantitative estimate of drug-likeness (QED) is 0.558. The Hall–Kier alpha value is -0.120. The SMILES string of the molecule is CC(C)COCCNC[C@H](C)O. The van der Waals surface area contributed by atoms with Gasteiger partial charge in [0.1, 0.15) is 0 Å². The van der Waals surface area contributed by atoms with E-state index < -0.39 is 0 Å². The summed E-state index contributed by atoms with van der Waals surface area (Å²) >= 11 is 0. The lowest BCUT2D eigenvalue weighted by Crippen LogP contribution is -2.27. The second-order valence-corrected chi connectivity index (χ2v) is 3.52. The molecule has 1 atom stereocenters. The molecule has 3 nitrogen and oxygen atoms in total. The van der Waals surface area contributed by atoms with Gasteiger partial charge in [-0.05, 0) is 12.8 Å². The highest BCUT2D eigenvalue weighted by Gasteiger charge is 1.95. The van der Waals surface area contributed by atoms with Crippen LogP contribution in [0.15, 0.2) is 0 Å². The molecule has 0 amide bonds. The predicted octanol–water partition coefficient (Wildman–Crippen LogP) is 0.629. The van der Waals surface area contributed by atoms with Crippen LogP contribution >= 0.6 is 0 Å². The maximum Gasteiger partial charge on any atom is 0.0636 e. The lowest BCUT2D eigenvalue weighted by atomic mass is 10.2. The minimum Gasteiger partial charge on any atom is -0.392 e. The maximum atomic E-state index is 8.89. The first kappa shape index (κ1) is 11.9. The lowest BCUT2D eigenvalue weighted by Gasteiger charge is -2.08. The zero-order chi connectivity index (χ0) is 9.40. The largest absolute Gasteiger partial charge is 0.392 e. The van der Waals surface area contributed by atoms with Crippen molar-refractivity contribution in [2.75, 3.05) is 26.3 Å². The summed E-state index contributed by atoms with van der Waals surface area (Å²) in [4.78, 5) is 0. The summed E-state index contributed by atoms with van der Waals surface area (Å²) in [5, 5.41) is 12.0. The number of nitrogens with one attached hydrogen (secondary N) is 1. The number of aliphatic hydroxyl groups is 1. The zero-order valence-electron chi connectivity index (χ0n) is 8.34. The molecule has 0 aliphatic heterocycles. The number of aliphatic hydroxyl groups excluding tert-OH is 1. The van der Waals surface area contributed by atoms with Crippen LogP contribution in [0.4, 0.5) is 0 Å². The number of hydrogen-bond acceptors (Lipinski definition) is 3. The standard InChI is InChI=1S/C9H21NO2/c1-8(2)7-12-5-4-10-6-9(3)11/h8-11H,4-7H2,1-3H3/t9-/m0/s1. The van der Waals surface area contributed by atoms with Crippen LogP contribution in [-0.4, -0.2) is 37.5 Å². The summed E-state index contributed by atoms with van der Waals surface area (Å²) in [5.41, 5.74) is 0. The minimum atomic E-state index is -0.268. The van der Waals surface area contributed by atoms with Crippen molar-refractivity contribution < 1.29 is 9.84 Å². The highest BCUT2D eigenvalue weighted by Crippen LogP contribution is 1.90. The molecule has 0 aromatic rings. The molecule has 0 spiro atoms. The summed E-state index contributed by atoms with van der Waals surface area (Å²) < 4.78 is 5.33. The van der Waals surface area contributed by atoms with E-state index in [2.05, 4.69) is 19.2 Å². The third kappa shape index (κ3) is 9.88. The van der Waals surface area contributed by atoms with Crippen molar-refractivity contribution in [1.82, 2.24) is 5.32 Å². The van der Waals surface area contributed by atoms with Gasteiger partial charge in [0.15, 0.2) is 0 Å². The first-order valence-corrected chi connectivity index (χ1v) is 4.59. The third-order valence-corrected chi connectivity index (χ3v) is 1.31. The van der Waals surface area contributed by atoms with Crippen LogP contribution in [0, 0.1) is 5.92 Å². The molecule has 0 aromatic carbocycles. The number of rotatable bonds is 7. The Labute approximate surface area is 75.1 Å². The van der Waals surface area contributed by atoms with Crippen LogP contribution in [0.25, 0.3) is 0 Å². The topological polar surface area (TPSA) is 41.5 Å². The molecule has 12 heavy (non-hydrogen) atoms. The van der Waals surface area contributed by atoms with E-state index in [9.17, 15) is 0 Å². The molecule has 0 aromatic heterocycles. The smallest absolute Gasteiger partial charge is 0.0636 e. The van der Waals surface area contributed by atoms with E-state index in [4.69, 9.17) is 9.84 Å². The Morgan fingerprint density at radius 1 is 1.33 bits per heavy atom. The molecule has 3 heteroatoms. The molecule has 0 aliphatic carbocycles. The molecule has 0 radical (unpaired) electrons. The van der Waals surface area contributed by atoms with Crippen molar-refractivity contribution in [3.05, 3.63) is 0 Å². The van der Waals surface area contributed by atoms with E-state index in [0.717, 1.165) is 19.8 Å². The normalized spacial score (nSPS) is 13.8. The van der Waals surface area contributed by atoms with E-state index in [-0.39, 0.29) is 6.10 Å². The second-order valence-electron chi connectivity index (χ2n) is 3.52. The molecule has 0 bridgehead atoms. The van der Waals surface area contributed by atoms with Gasteiger partial charge in [0, 0.05) is 19.7 Å². The van der Waals surface area contributed by atoms with Crippen molar-refractivity contribution in [2.24, 2.45) is 5.92 Å². The molecule has 0 rings (SSSR count). The molecule has 74 valence electrons. The van der Waals surface area contributed by atoms with Crippen LogP contribution in [0.3, 0.4) is 0 Å². The summed E-state index contributed by atoms with van der Waals surface area (Å²) in [5.74, 6) is 0.599. The van der Waals surface area contributed by atoms with Crippen LogP contribution in [0.2, 0.25) is 0 Å². The van der Waals surface area contributed by atoms with Crippen LogP contribution < -0.4 is 5.32 Å². The van der Waals surface area contributed by atoms with E-state index >= 15 is 0 Å².